The molecule has 3 unspecified atom stereocenters. The van der Waals surface area contributed by atoms with E-state index in [1.807, 2.05) is 26.8 Å². The molecule has 4 amide bonds. The molecular formula is C27H42N4O7. The zero-order valence-electron chi connectivity index (χ0n) is 23.7. The number of nitrogens with one attached hydrogen (secondary N) is 2. The topological polar surface area (TPSA) is 157 Å². The molecule has 0 radical (unpaired) electrons. The summed E-state index contributed by atoms with van der Waals surface area (Å²) >= 11 is 0. The van der Waals surface area contributed by atoms with Gasteiger partial charge in [0.1, 0.15) is 24.2 Å². The molecule has 1 rings (SSSR count). The summed E-state index contributed by atoms with van der Waals surface area (Å²) in [5.74, 6) is -2.49. The van der Waals surface area contributed by atoms with Crippen molar-refractivity contribution in [2.45, 2.75) is 91.5 Å². The number of methoxy groups -OCH3 is 1. The number of nitrogens with two attached hydrogens (primary N) is 1. The molecule has 38 heavy (non-hydrogen) atoms. The molecule has 0 aliphatic carbocycles. The maximum Gasteiger partial charge on any atom is 0.408 e. The van der Waals surface area contributed by atoms with Gasteiger partial charge in [-0.25, -0.2) is 4.79 Å². The minimum atomic E-state index is -1.20. The number of rotatable bonds is 12. The Labute approximate surface area is 224 Å². The quantitative estimate of drug-likeness (QED) is 0.348. The Hall–Kier alpha value is -3.63. The fraction of sp³-hybridized carbons (Fsp3) is 0.593. The Morgan fingerprint density at radius 3 is 2.21 bits per heavy atom. The standard InChI is InChI=1S/C27H42N4O7/c1-9-18(4)31(25(35)20(12-13-21(28)32)30-26(36)38-27(5,6)7)23(24(34)29-15-22(33)37-8)19-11-10-16(2)17(3)14-19/h10-11,14,18,20,23H,9,12-13,15H2,1-8H3,(H2,28,32)(H,29,34)(H,30,36). The Morgan fingerprint density at radius 2 is 1.71 bits per heavy atom. The van der Waals surface area contributed by atoms with Crippen LogP contribution in [0.1, 0.15) is 76.6 Å². The Bertz CT molecular complexity index is 1020. The van der Waals surface area contributed by atoms with Gasteiger partial charge in [-0.2, -0.15) is 0 Å². The van der Waals surface area contributed by atoms with Crippen molar-refractivity contribution in [2.24, 2.45) is 5.73 Å². The Kier molecular flexibility index (Phi) is 12.2. The zero-order valence-corrected chi connectivity index (χ0v) is 23.7. The second kappa shape index (κ2) is 14.3. The average Bonchev–Trinajstić information content (AvgIpc) is 2.82. The molecule has 0 fully saturated rings. The van der Waals surface area contributed by atoms with E-state index in [9.17, 15) is 24.0 Å². The first-order chi connectivity index (χ1) is 17.6. The van der Waals surface area contributed by atoms with E-state index < -0.39 is 53.5 Å². The molecule has 11 nitrogen and oxygen atoms in total. The lowest BCUT2D eigenvalue weighted by Gasteiger charge is -2.38. The highest BCUT2D eigenvalue weighted by molar-refractivity contribution is 5.93. The van der Waals surface area contributed by atoms with Crippen molar-refractivity contribution in [2.75, 3.05) is 13.7 Å². The number of alkyl carbamates (subject to hydrolysis) is 1. The monoisotopic (exact) mass is 534 g/mol. The minimum absolute atomic E-state index is 0.0935. The van der Waals surface area contributed by atoms with Crippen LogP contribution in [0.15, 0.2) is 18.2 Å². The van der Waals surface area contributed by atoms with Crippen molar-refractivity contribution in [1.82, 2.24) is 15.5 Å². The van der Waals surface area contributed by atoms with E-state index in [0.717, 1.165) is 11.1 Å². The van der Waals surface area contributed by atoms with Gasteiger partial charge in [0.25, 0.3) is 0 Å². The van der Waals surface area contributed by atoms with Gasteiger partial charge in [-0.15, -0.1) is 0 Å². The number of esters is 1. The van der Waals surface area contributed by atoms with Crippen LogP contribution in [0.2, 0.25) is 0 Å². The average molecular weight is 535 g/mol. The summed E-state index contributed by atoms with van der Waals surface area (Å²) in [6.45, 7) is 12.1. The summed E-state index contributed by atoms with van der Waals surface area (Å²) in [4.78, 5) is 64.8. The van der Waals surface area contributed by atoms with Crippen LogP contribution in [0, 0.1) is 13.8 Å². The molecule has 0 bridgehead atoms. The highest BCUT2D eigenvalue weighted by atomic mass is 16.6. The summed E-state index contributed by atoms with van der Waals surface area (Å²) in [5.41, 5.74) is 6.93. The predicted molar refractivity (Wildman–Crippen MR) is 142 cm³/mol. The predicted octanol–water partition coefficient (Wildman–Crippen LogP) is 2.42. The first-order valence-corrected chi connectivity index (χ1v) is 12.6. The molecular weight excluding hydrogens is 492 g/mol. The van der Waals surface area contributed by atoms with Crippen LogP contribution in [0.5, 0.6) is 0 Å². The fourth-order valence-corrected chi connectivity index (χ4v) is 3.67. The summed E-state index contributed by atoms with van der Waals surface area (Å²) in [7, 11) is 1.20. The molecule has 11 heteroatoms. The third-order valence-electron chi connectivity index (χ3n) is 6.00. The second-order valence-electron chi connectivity index (χ2n) is 10.2. The molecule has 0 saturated carbocycles. The number of carbonyl (C=O) groups is 5. The third kappa shape index (κ3) is 10.0. The van der Waals surface area contributed by atoms with Crippen LogP contribution < -0.4 is 16.4 Å². The van der Waals surface area contributed by atoms with Crippen molar-refractivity contribution < 1.29 is 33.4 Å². The molecule has 212 valence electrons. The lowest BCUT2D eigenvalue weighted by Crippen LogP contribution is -2.55. The number of primary amides is 1. The van der Waals surface area contributed by atoms with Gasteiger partial charge < -0.3 is 30.7 Å². The van der Waals surface area contributed by atoms with E-state index in [0.29, 0.717) is 12.0 Å². The van der Waals surface area contributed by atoms with Crippen molar-refractivity contribution in [3.05, 3.63) is 34.9 Å². The van der Waals surface area contributed by atoms with Gasteiger partial charge in [-0.3, -0.25) is 19.2 Å². The van der Waals surface area contributed by atoms with E-state index >= 15 is 0 Å². The molecule has 0 spiro atoms. The molecule has 4 N–H and O–H groups in total. The summed E-state index contributed by atoms with van der Waals surface area (Å²) in [6, 6.07) is 2.59. The van der Waals surface area contributed by atoms with Gasteiger partial charge in [0.15, 0.2) is 0 Å². The van der Waals surface area contributed by atoms with Crippen LogP contribution >= 0.6 is 0 Å². The van der Waals surface area contributed by atoms with Gasteiger partial charge >= 0.3 is 12.1 Å². The normalized spacial score (nSPS) is 13.5. The van der Waals surface area contributed by atoms with Crippen LogP contribution in [-0.2, 0) is 28.7 Å². The number of hydrogen-bond acceptors (Lipinski definition) is 7. The van der Waals surface area contributed by atoms with E-state index in [1.54, 1.807) is 39.8 Å². The van der Waals surface area contributed by atoms with E-state index in [4.69, 9.17) is 10.5 Å². The van der Waals surface area contributed by atoms with Gasteiger partial charge in [-0.05, 0) is 71.1 Å². The molecule has 0 aromatic heterocycles. The highest BCUT2D eigenvalue weighted by Crippen LogP contribution is 2.28. The molecule has 1 aromatic rings. The van der Waals surface area contributed by atoms with Crippen LogP contribution in [0.25, 0.3) is 0 Å². The number of amides is 4. The van der Waals surface area contributed by atoms with Gasteiger partial charge in [-0.1, -0.05) is 25.1 Å². The first kappa shape index (κ1) is 32.4. The summed E-state index contributed by atoms with van der Waals surface area (Å²) in [6.07, 6.45) is -0.637. The molecule has 0 heterocycles. The maximum absolute atomic E-state index is 14.1. The van der Waals surface area contributed by atoms with Crippen molar-refractivity contribution >= 4 is 29.8 Å². The lowest BCUT2D eigenvalue weighted by molar-refractivity contribution is -0.146. The van der Waals surface area contributed by atoms with Gasteiger partial charge in [0.05, 0.1) is 7.11 Å². The van der Waals surface area contributed by atoms with Crippen LogP contribution in [0.3, 0.4) is 0 Å². The number of nitrogens with zero attached hydrogens (tertiary/aromatic N) is 1. The first-order valence-electron chi connectivity index (χ1n) is 12.6. The number of benzene rings is 1. The van der Waals surface area contributed by atoms with Crippen molar-refractivity contribution in [1.29, 1.82) is 0 Å². The van der Waals surface area contributed by atoms with Crippen LogP contribution in [0.4, 0.5) is 4.79 Å². The highest BCUT2D eigenvalue weighted by Gasteiger charge is 2.38. The van der Waals surface area contributed by atoms with Gasteiger partial charge in [0.2, 0.25) is 17.7 Å². The van der Waals surface area contributed by atoms with E-state index in [1.165, 1.54) is 12.0 Å². The van der Waals surface area contributed by atoms with Gasteiger partial charge in [0, 0.05) is 12.5 Å². The smallest absolute Gasteiger partial charge is 0.408 e. The van der Waals surface area contributed by atoms with Crippen molar-refractivity contribution in [3.63, 3.8) is 0 Å². The number of hydrogen-bond donors (Lipinski definition) is 3. The summed E-state index contributed by atoms with van der Waals surface area (Å²) < 4.78 is 9.96. The van der Waals surface area contributed by atoms with Crippen molar-refractivity contribution in [3.8, 4) is 0 Å². The largest absolute Gasteiger partial charge is 0.468 e. The SMILES string of the molecule is CCC(C)N(C(=O)C(CCC(N)=O)NC(=O)OC(C)(C)C)C(C(=O)NCC(=O)OC)c1ccc(C)c(C)c1. The molecule has 0 aliphatic rings. The van der Waals surface area contributed by atoms with Crippen LogP contribution in [-0.4, -0.2) is 66.0 Å². The Balaban J connectivity index is 3.58. The minimum Gasteiger partial charge on any atom is -0.468 e. The molecule has 1 aromatic carbocycles. The number of carbonyl (C=O) groups excluding carboxylic acids is 5. The zero-order chi connectivity index (χ0) is 29.2. The number of aryl methyl sites for hydroxylation is 2. The fourth-order valence-electron chi connectivity index (χ4n) is 3.67. The van der Waals surface area contributed by atoms with E-state index in [-0.39, 0.29) is 19.4 Å². The second-order valence-corrected chi connectivity index (χ2v) is 10.2. The van der Waals surface area contributed by atoms with E-state index in [2.05, 4.69) is 15.4 Å². The molecule has 0 aliphatic heterocycles. The number of ether oxygens (including phenoxy) is 2. The summed E-state index contributed by atoms with van der Waals surface area (Å²) in [5, 5.41) is 5.10. The molecule has 3 atom stereocenters. The maximum atomic E-state index is 14.1. The molecule has 0 saturated heterocycles. The Morgan fingerprint density at radius 1 is 1.08 bits per heavy atom. The lowest BCUT2D eigenvalue weighted by atomic mass is 9.96. The third-order valence-corrected chi connectivity index (χ3v) is 6.00.